The van der Waals surface area contributed by atoms with Crippen molar-refractivity contribution in [3.8, 4) is 11.5 Å². The molecule has 1 aromatic carbocycles. The van der Waals surface area contributed by atoms with Gasteiger partial charge in [0.05, 0.1) is 26.4 Å². The Kier molecular flexibility index (Phi) is 9.31. The number of amides is 1. The summed E-state index contributed by atoms with van der Waals surface area (Å²) in [6.07, 6.45) is 6.37. The number of piperidine rings is 1. The molecule has 178 valence electrons. The Morgan fingerprint density at radius 2 is 1.91 bits per heavy atom. The topological polar surface area (TPSA) is 84.4 Å². The van der Waals surface area contributed by atoms with Gasteiger partial charge in [-0.3, -0.25) is 0 Å². The highest BCUT2D eigenvalue weighted by Gasteiger charge is 2.24. The van der Waals surface area contributed by atoms with Crippen LogP contribution in [0.3, 0.4) is 0 Å². The number of guanidine groups is 1. The van der Waals surface area contributed by atoms with Crippen molar-refractivity contribution < 1.29 is 19.0 Å². The summed E-state index contributed by atoms with van der Waals surface area (Å²) in [5.41, 5.74) is 1.02. The smallest absolute Gasteiger partial charge is 0.409 e. The van der Waals surface area contributed by atoms with Gasteiger partial charge in [0.2, 0.25) is 0 Å². The lowest BCUT2D eigenvalue weighted by Gasteiger charge is -2.32. The molecule has 1 saturated carbocycles. The number of rotatable bonds is 8. The highest BCUT2D eigenvalue weighted by atomic mass is 16.6. The minimum Gasteiger partial charge on any atom is -0.493 e. The summed E-state index contributed by atoms with van der Waals surface area (Å²) in [6.45, 7) is 6.94. The van der Waals surface area contributed by atoms with Gasteiger partial charge in [-0.2, -0.15) is 0 Å². The van der Waals surface area contributed by atoms with Crippen molar-refractivity contribution in [2.45, 2.75) is 71.1 Å². The SMILES string of the molecule is CCNC(=NCc1cccc(OC)c1OC1CCCC1)NC1CCN(C(=O)OCC)CC1. The fraction of sp³-hybridized carbons (Fsp3) is 0.667. The maximum atomic E-state index is 11.9. The largest absolute Gasteiger partial charge is 0.493 e. The van der Waals surface area contributed by atoms with E-state index in [9.17, 15) is 4.79 Å². The van der Waals surface area contributed by atoms with Gasteiger partial charge in [0.15, 0.2) is 17.5 Å². The Bertz CT molecular complexity index is 756. The standard InChI is InChI=1S/C24H38N4O4/c1-4-25-23(27-19-13-15-28(16-14-19)24(29)31-5-2)26-17-18-9-8-12-21(30-3)22(18)32-20-10-6-7-11-20/h8-9,12,19-20H,4-7,10-11,13-17H2,1-3H3,(H2,25,26,27). The number of ether oxygens (including phenoxy) is 3. The quantitative estimate of drug-likeness (QED) is 0.468. The van der Waals surface area contributed by atoms with E-state index in [-0.39, 0.29) is 18.2 Å². The van der Waals surface area contributed by atoms with Crippen LogP contribution >= 0.6 is 0 Å². The van der Waals surface area contributed by atoms with Gasteiger partial charge >= 0.3 is 6.09 Å². The maximum Gasteiger partial charge on any atom is 0.409 e. The Morgan fingerprint density at radius 1 is 1.16 bits per heavy atom. The predicted molar refractivity (Wildman–Crippen MR) is 125 cm³/mol. The van der Waals surface area contributed by atoms with Crippen LogP contribution in [0.4, 0.5) is 4.79 Å². The molecule has 0 atom stereocenters. The van der Waals surface area contributed by atoms with Crippen molar-refractivity contribution in [2.75, 3.05) is 33.4 Å². The Morgan fingerprint density at radius 3 is 2.56 bits per heavy atom. The molecule has 1 aromatic rings. The number of nitrogens with zero attached hydrogens (tertiary/aromatic N) is 2. The highest BCUT2D eigenvalue weighted by Crippen LogP contribution is 2.35. The van der Waals surface area contributed by atoms with E-state index in [1.54, 1.807) is 12.0 Å². The third kappa shape index (κ3) is 6.68. The second-order valence-corrected chi connectivity index (χ2v) is 8.27. The summed E-state index contributed by atoms with van der Waals surface area (Å²) in [6, 6.07) is 6.24. The Labute approximate surface area is 191 Å². The second kappa shape index (κ2) is 12.4. The number of hydrogen-bond donors (Lipinski definition) is 2. The summed E-state index contributed by atoms with van der Waals surface area (Å²) >= 11 is 0. The lowest BCUT2D eigenvalue weighted by Crippen LogP contribution is -2.49. The predicted octanol–water partition coefficient (Wildman–Crippen LogP) is 3.69. The molecule has 0 spiro atoms. The van der Waals surface area contributed by atoms with E-state index in [4.69, 9.17) is 19.2 Å². The van der Waals surface area contributed by atoms with Crippen molar-refractivity contribution >= 4 is 12.1 Å². The molecule has 1 amide bonds. The fourth-order valence-electron chi connectivity index (χ4n) is 4.25. The van der Waals surface area contributed by atoms with Gasteiger partial charge in [0, 0.05) is 31.2 Å². The molecule has 0 unspecified atom stereocenters. The van der Waals surface area contributed by atoms with Gasteiger partial charge in [0.1, 0.15) is 0 Å². The third-order valence-corrected chi connectivity index (χ3v) is 5.98. The number of para-hydroxylation sites is 1. The first-order chi connectivity index (χ1) is 15.6. The Hall–Kier alpha value is -2.64. The molecule has 32 heavy (non-hydrogen) atoms. The van der Waals surface area contributed by atoms with Gasteiger partial charge in [-0.15, -0.1) is 0 Å². The summed E-state index contributed by atoms with van der Waals surface area (Å²) in [5, 5.41) is 6.87. The molecule has 1 saturated heterocycles. The molecule has 0 bridgehead atoms. The van der Waals surface area contributed by atoms with Crippen molar-refractivity contribution in [1.29, 1.82) is 0 Å². The molecule has 8 nitrogen and oxygen atoms in total. The molecule has 3 rings (SSSR count). The summed E-state index contributed by atoms with van der Waals surface area (Å²) in [4.78, 5) is 18.5. The van der Waals surface area contributed by atoms with Crippen LogP contribution in [0.15, 0.2) is 23.2 Å². The van der Waals surface area contributed by atoms with Crippen LogP contribution in [0.2, 0.25) is 0 Å². The van der Waals surface area contributed by atoms with Gasteiger partial charge in [-0.05, 0) is 58.4 Å². The zero-order valence-electron chi connectivity index (χ0n) is 19.7. The van der Waals surface area contributed by atoms with E-state index in [1.807, 2.05) is 19.1 Å². The number of likely N-dealkylation sites (tertiary alicyclic amines) is 1. The minimum absolute atomic E-state index is 0.223. The normalized spacial score (nSPS) is 17.8. The zero-order valence-corrected chi connectivity index (χ0v) is 19.7. The number of benzene rings is 1. The maximum absolute atomic E-state index is 11.9. The lowest BCUT2D eigenvalue weighted by atomic mass is 10.1. The molecule has 0 radical (unpaired) electrons. The van der Waals surface area contributed by atoms with Crippen LogP contribution in [0.1, 0.15) is 57.9 Å². The van der Waals surface area contributed by atoms with E-state index in [0.717, 1.165) is 55.3 Å². The van der Waals surface area contributed by atoms with Crippen LogP contribution in [0.5, 0.6) is 11.5 Å². The molecule has 1 aliphatic heterocycles. The van der Waals surface area contributed by atoms with Crippen LogP contribution in [-0.4, -0.2) is 62.4 Å². The lowest BCUT2D eigenvalue weighted by molar-refractivity contribution is 0.0963. The summed E-state index contributed by atoms with van der Waals surface area (Å²) in [5.74, 6) is 2.34. The van der Waals surface area contributed by atoms with Crippen molar-refractivity contribution in [2.24, 2.45) is 4.99 Å². The van der Waals surface area contributed by atoms with Gasteiger partial charge in [-0.1, -0.05) is 12.1 Å². The average molecular weight is 447 g/mol. The van der Waals surface area contributed by atoms with E-state index in [2.05, 4.69) is 23.6 Å². The van der Waals surface area contributed by atoms with Crippen LogP contribution < -0.4 is 20.1 Å². The number of carbonyl (C=O) groups excluding carboxylic acids is 1. The number of carbonyl (C=O) groups is 1. The molecular weight excluding hydrogens is 408 g/mol. The van der Waals surface area contributed by atoms with Crippen molar-refractivity contribution in [3.05, 3.63) is 23.8 Å². The van der Waals surface area contributed by atoms with Crippen LogP contribution in [-0.2, 0) is 11.3 Å². The molecule has 2 fully saturated rings. The monoisotopic (exact) mass is 446 g/mol. The van der Waals surface area contributed by atoms with Crippen molar-refractivity contribution in [1.82, 2.24) is 15.5 Å². The number of aliphatic imine (C=N–C) groups is 1. The molecule has 2 N–H and O–H groups in total. The number of hydrogen-bond acceptors (Lipinski definition) is 5. The van der Waals surface area contributed by atoms with E-state index >= 15 is 0 Å². The molecule has 0 aromatic heterocycles. The molecule has 1 heterocycles. The van der Waals surface area contributed by atoms with Crippen LogP contribution in [0.25, 0.3) is 0 Å². The first-order valence-corrected chi connectivity index (χ1v) is 11.9. The number of methoxy groups -OCH3 is 1. The third-order valence-electron chi connectivity index (χ3n) is 5.98. The summed E-state index contributed by atoms with van der Waals surface area (Å²) < 4.78 is 17.0. The van der Waals surface area contributed by atoms with Gasteiger partial charge < -0.3 is 29.7 Å². The summed E-state index contributed by atoms with van der Waals surface area (Å²) in [7, 11) is 1.68. The van der Waals surface area contributed by atoms with Gasteiger partial charge in [-0.25, -0.2) is 9.79 Å². The number of nitrogens with one attached hydrogen (secondary N) is 2. The van der Waals surface area contributed by atoms with Gasteiger partial charge in [0.25, 0.3) is 0 Å². The Balaban J connectivity index is 1.63. The van der Waals surface area contributed by atoms with Crippen LogP contribution in [0, 0.1) is 0 Å². The molecule has 2 aliphatic rings. The second-order valence-electron chi connectivity index (χ2n) is 8.27. The zero-order chi connectivity index (χ0) is 22.8. The van der Waals surface area contributed by atoms with E-state index in [1.165, 1.54) is 12.8 Å². The first kappa shape index (κ1) is 24.0. The average Bonchev–Trinajstić information content (AvgIpc) is 3.32. The molecular formula is C24H38N4O4. The van der Waals surface area contributed by atoms with Crippen molar-refractivity contribution in [3.63, 3.8) is 0 Å². The first-order valence-electron chi connectivity index (χ1n) is 11.9. The highest BCUT2D eigenvalue weighted by molar-refractivity contribution is 5.80. The van der Waals surface area contributed by atoms with E-state index in [0.29, 0.717) is 26.2 Å². The molecule has 8 heteroatoms. The fourth-order valence-corrected chi connectivity index (χ4v) is 4.25. The van der Waals surface area contributed by atoms with E-state index < -0.39 is 0 Å². The molecule has 1 aliphatic carbocycles. The minimum atomic E-state index is -0.223.